The minimum Gasteiger partial charge on any atom is -0.352 e. The lowest BCUT2D eigenvalue weighted by Crippen LogP contribution is -2.49. The topological polar surface area (TPSA) is 68.0 Å². The summed E-state index contributed by atoms with van der Waals surface area (Å²) in [5.41, 5.74) is 7.28. The average molecular weight is 466 g/mol. The molecule has 0 saturated heterocycles. The number of benzene rings is 2. The minimum absolute atomic E-state index is 0. The highest BCUT2D eigenvalue weighted by molar-refractivity contribution is 7.18. The van der Waals surface area contributed by atoms with Crippen molar-refractivity contribution in [3.8, 4) is 0 Å². The van der Waals surface area contributed by atoms with E-state index in [4.69, 9.17) is 10.7 Å². The number of nitrogens with two attached hydrogens (primary N) is 1. The predicted octanol–water partition coefficient (Wildman–Crippen LogP) is 4.88. The first kappa shape index (κ1) is 24.6. The lowest BCUT2D eigenvalue weighted by molar-refractivity contribution is -0.127. The Morgan fingerprint density at radius 3 is 2.53 bits per heavy atom. The van der Waals surface area contributed by atoms with E-state index in [0.717, 1.165) is 40.1 Å². The van der Waals surface area contributed by atoms with Gasteiger partial charge in [0, 0.05) is 12.5 Å². The number of rotatable bonds is 6. The summed E-state index contributed by atoms with van der Waals surface area (Å²) in [7, 11) is 0. The number of thiazole rings is 1. The highest BCUT2D eigenvalue weighted by Gasteiger charge is 2.39. The molecule has 4 rings (SSSR count). The van der Waals surface area contributed by atoms with E-state index in [2.05, 4.69) is 11.4 Å². The monoisotopic (exact) mass is 465 g/mol. The zero-order valence-corrected chi connectivity index (χ0v) is 19.5. The molecule has 7 heteroatoms. The van der Waals surface area contributed by atoms with Gasteiger partial charge in [0.15, 0.2) is 0 Å². The molecule has 3 N–H and O–H groups in total. The summed E-state index contributed by atoms with van der Waals surface area (Å²) in [5, 5.41) is 4.32. The van der Waals surface area contributed by atoms with Crippen LogP contribution in [-0.2, 0) is 16.6 Å². The highest BCUT2D eigenvalue weighted by atomic mass is 35.5. The van der Waals surface area contributed by atoms with E-state index in [1.807, 2.05) is 55.5 Å². The average Bonchev–Trinajstić information content (AvgIpc) is 3.34. The second kappa shape index (κ2) is 10.6. The van der Waals surface area contributed by atoms with Crippen molar-refractivity contribution in [2.45, 2.75) is 44.1 Å². The first-order chi connectivity index (χ1) is 13.6. The number of para-hydroxylation sites is 1. The van der Waals surface area contributed by atoms with Crippen molar-refractivity contribution in [2.24, 2.45) is 11.7 Å². The van der Waals surface area contributed by atoms with Gasteiger partial charge in [-0.15, -0.1) is 36.2 Å². The lowest BCUT2D eigenvalue weighted by Gasteiger charge is -2.31. The number of carbonyl (C=O) groups is 1. The molecule has 1 amide bonds. The number of amides is 1. The van der Waals surface area contributed by atoms with Crippen molar-refractivity contribution in [3.05, 3.63) is 65.2 Å². The zero-order chi connectivity index (χ0) is 19.6. The molecular weight excluding hydrogens is 437 g/mol. The maximum atomic E-state index is 13.5. The van der Waals surface area contributed by atoms with Crippen molar-refractivity contribution in [1.82, 2.24) is 10.3 Å². The van der Waals surface area contributed by atoms with Crippen LogP contribution in [0.1, 0.15) is 36.8 Å². The Morgan fingerprint density at radius 1 is 1.13 bits per heavy atom. The first-order valence-electron chi connectivity index (χ1n) is 10.0. The summed E-state index contributed by atoms with van der Waals surface area (Å²) in [5.74, 6) is 0.453. The summed E-state index contributed by atoms with van der Waals surface area (Å²) in [6.07, 6.45) is 3.83. The SMILES string of the molecule is CC(Cc1nc2ccccc2s1)(C(=O)NC1CCCC1CN)c1ccccc1.Cl.Cl. The highest BCUT2D eigenvalue weighted by Crippen LogP contribution is 2.33. The summed E-state index contributed by atoms with van der Waals surface area (Å²) in [6.45, 7) is 2.67. The molecule has 0 bridgehead atoms. The third-order valence-electron chi connectivity index (χ3n) is 6.03. The van der Waals surface area contributed by atoms with Crippen molar-refractivity contribution < 1.29 is 4.79 Å². The maximum Gasteiger partial charge on any atom is 0.231 e. The Morgan fingerprint density at radius 2 is 1.83 bits per heavy atom. The predicted molar refractivity (Wildman–Crippen MR) is 130 cm³/mol. The number of carbonyl (C=O) groups excluding carboxylic acids is 1. The van der Waals surface area contributed by atoms with Crippen LogP contribution < -0.4 is 11.1 Å². The fourth-order valence-electron chi connectivity index (χ4n) is 4.25. The summed E-state index contributed by atoms with van der Waals surface area (Å²) < 4.78 is 1.16. The molecule has 1 aliphatic rings. The lowest BCUT2D eigenvalue weighted by atomic mass is 9.78. The Balaban J connectivity index is 0.00000160. The Kier molecular flexibility index (Phi) is 8.68. The van der Waals surface area contributed by atoms with E-state index in [1.165, 1.54) is 0 Å². The van der Waals surface area contributed by atoms with E-state index in [9.17, 15) is 4.79 Å². The number of fused-ring (bicyclic) bond motifs is 1. The summed E-state index contributed by atoms with van der Waals surface area (Å²) in [6, 6.07) is 18.4. The van der Waals surface area contributed by atoms with Crippen LogP contribution in [0, 0.1) is 5.92 Å². The molecule has 3 atom stereocenters. The van der Waals surface area contributed by atoms with Gasteiger partial charge in [0.25, 0.3) is 0 Å². The van der Waals surface area contributed by atoms with Crippen LogP contribution in [-0.4, -0.2) is 23.5 Å². The van der Waals surface area contributed by atoms with E-state index in [-0.39, 0.29) is 36.8 Å². The van der Waals surface area contributed by atoms with E-state index in [0.29, 0.717) is 18.9 Å². The van der Waals surface area contributed by atoms with Crippen LogP contribution in [0.15, 0.2) is 54.6 Å². The maximum absolute atomic E-state index is 13.5. The molecule has 0 aliphatic heterocycles. The van der Waals surface area contributed by atoms with Crippen LogP contribution in [0.5, 0.6) is 0 Å². The van der Waals surface area contributed by atoms with Crippen molar-refractivity contribution >= 4 is 52.3 Å². The number of nitrogens with one attached hydrogen (secondary N) is 1. The Bertz CT molecular complexity index is 932. The molecular formula is C23H29Cl2N3OS. The number of nitrogens with zero attached hydrogens (tertiary/aromatic N) is 1. The molecule has 30 heavy (non-hydrogen) atoms. The van der Waals surface area contributed by atoms with Gasteiger partial charge in [-0.1, -0.05) is 48.9 Å². The van der Waals surface area contributed by atoms with E-state index in [1.54, 1.807) is 11.3 Å². The van der Waals surface area contributed by atoms with Gasteiger partial charge in [-0.3, -0.25) is 4.79 Å². The van der Waals surface area contributed by atoms with Gasteiger partial charge >= 0.3 is 0 Å². The molecule has 1 aromatic heterocycles. The summed E-state index contributed by atoms with van der Waals surface area (Å²) >= 11 is 1.67. The third-order valence-corrected chi connectivity index (χ3v) is 7.07. The van der Waals surface area contributed by atoms with Gasteiger partial charge in [0.1, 0.15) is 0 Å². The molecule has 1 heterocycles. The molecule has 1 aliphatic carbocycles. The Hall–Kier alpha value is -1.66. The molecule has 162 valence electrons. The zero-order valence-electron chi connectivity index (χ0n) is 17.0. The van der Waals surface area contributed by atoms with E-state index < -0.39 is 5.41 Å². The van der Waals surface area contributed by atoms with Crippen molar-refractivity contribution in [1.29, 1.82) is 0 Å². The number of hydrogen-bond acceptors (Lipinski definition) is 4. The molecule has 2 aromatic carbocycles. The number of aromatic nitrogens is 1. The minimum atomic E-state index is -0.670. The van der Waals surface area contributed by atoms with Gasteiger partial charge < -0.3 is 11.1 Å². The fraction of sp³-hybridized carbons (Fsp3) is 0.391. The Labute approximate surface area is 194 Å². The molecule has 1 fully saturated rings. The smallest absolute Gasteiger partial charge is 0.231 e. The molecule has 4 nitrogen and oxygen atoms in total. The van der Waals surface area contributed by atoms with Crippen LogP contribution >= 0.6 is 36.2 Å². The van der Waals surface area contributed by atoms with Crippen LogP contribution in [0.4, 0.5) is 0 Å². The second-order valence-electron chi connectivity index (χ2n) is 7.96. The van der Waals surface area contributed by atoms with Crippen LogP contribution in [0.3, 0.4) is 0 Å². The molecule has 1 saturated carbocycles. The van der Waals surface area contributed by atoms with Gasteiger partial charge in [0.2, 0.25) is 5.91 Å². The standard InChI is InChI=1S/C23H27N3OS.2ClH/c1-23(17-9-3-2-4-10-17,22(27)26-18-12-7-8-16(18)15-24)14-21-25-19-11-5-6-13-20(19)28-21;;/h2-6,9-11,13,16,18H,7-8,12,14-15,24H2,1H3,(H,26,27);2*1H. The summed E-state index contributed by atoms with van der Waals surface area (Å²) in [4.78, 5) is 18.3. The third kappa shape index (κ3) is 4.97. The van der Waals surface area contributed by atoms with Gasteiger partial charge in [-0.25, -0.2) is 4.98 Å². The molecule has 3 aromatic rings. The van der Waals surface area contributed by atoms with E-state index >= 15 is 0 Å². The van der Waals surface area contributed by atoms with Gasteiger partial charge in [-0.05, 0) is 49.9 Å². The molecule has 3 unspecified atom stereocenters. The van der Waals surface area contributed by atoms with Gasteiger partial charge in [-0.2, -0.15) is 0 Å². The number of halogens is 2. The van der Waals surface area contributed by atoms with Crippen molar-refractivity contribution in [3.63, 3.8) is 0 Å². The second-order valence-corrected chi connectivity index (χ2v) is 9.07. The normalized spacial score (nSPS) is 20.1. The largest absolute Gasteiger partial charge is 0.352 e. The van der Waals surface area contributed by atoms with Crippen LogP contribution in [0.2, 0.25) is 0 Å². The first-order valence-corrected chi connectivity index (χ1v) is 10.8. The quantitative estimate of drug-likeness (QED) is 0.544. The molecule has 0 radical (unpaired) electrons. The number of hydrogen-bond donors (Lipinski definition) is 2. The van der Waals surface area contributed by atoms with Gasteiger partial charge in [0.05, 0.1) is 20.6 Å². The fourth-order valence-corrected chi connectivity index (χ4v) is 5.38. The van der Waals surface area contributed by atoms with Crippen molar-refractivity contribution in [2.75, 3.05) is 6.54 Å². The van der Waals surface area contributed by atoms with Crippen LogP contribution in [0.25, 0.3) is 10.2 Å². The molecule has 0 spiro atoms.